The van der Waals surface area contributed by atoms with Crippen molar-refractivity contribution in [3.05, 3.63) is 87.7 Å². The summed E-state index contributed by atoms with van der Waals surface area (Å²) in [6.45, 7) is 1.81. The predicted molar refractivity (Wildman–Crippen MR) is 122 cm³/mol. The van der Waals surface area contributed by atoms with E-state index in [1.165, 1.54) is 23.8 Å². The van der Waals surface area contributed by atoms with Gasteiger partial charge in [0.2, 0.25) is 5.88 Å². The number of carbonyl (C=O) groups is 2. The van der Waals surface area contributed by atoms with E-state index in [0.29, 0.717) is 27.2 Å². The van der Waals surface area contributed by atoms with E-state index in [4.69, 9.17) is 9.15 Å². The number of aryl methyl sites for hydroxylation is 1. The third-order valence-corrected chi connectivity index (χ3v) is 5.76. The summed E-state index contributed by atoms with van der Waals surface area (Å²) in [5.74, 6) is 0.600. The fourth-order valence-corrected chi connectivity index (χ4v) is 4.05. The number of amides is 2. The van der Waals surface area contributed by atoms with Crippen LogP contribution in [0.1, 0.15) is 25.8 Å². The van der Waals surface area contributed by atoms with Crippen LogP contribution in [0, 0.1) is 6.92 Å². The van der Waals surface area contributed by atoms with Gasteiger partial charge in [-0.25, -0.2) is 4.98 Å². The third-order valence-electron chi connectivity index (χ3n) is 4.12. The molecule has 1 aromatic carbocycles. The number of hydrogen-bond donors (Lipinski definition) is 2. The Bertz CT molecular complexity index is 1220. The molecule has 0 aliphatic carbocycles. The number of thiophene rings is 1. The molecular weight excluding hydrogens is 482 g/mol. The van der Waals surface area contributed by atoms with E-state index in [1.54, 1.807) is 37.3 Å². The van der Waals surface area contributed by atoms with Crippen molar-refractivity contribution in [2.75, 3.05) is 10.6 Å². The second kappa shape index (κ2) is 9.15. The van der Waals surface area contributed by atoms with E-state index in [9.17, 15) is 9.59 Å². The van der Waals surface area contributed by atoms with Crippen molar-refractivity contribution in [1.82, 2.24) is 4.98 Å². The monoisotopic (exact) mass is 497 g/mol. The van der Waals surface area contributed by atoms with Gasteiger partial charge in [0.15, 0.2) is 5.76 Å². The Labute approximate surface area is 190 Å². The minimum atomic E-state index is -0.372. The molecule has 2 amide bonds. The summed E-state index contributed by atoms with van der Waals surface area (Å²) in [4.78, 5) is 29.5. The molecule has 0 saturated heterocycles. The maximum atomic E-state index is 12.7. The molecule has 156 valence electrons. The zero-order valence-corrected chi connectivity index (χ0v) is 18.6. The molecule has 4 rings (SSSR count). The Kier molecular flexibility index (Phi) is 6.15. The number of nitrogens with one attached hydrogen (secondary N) is 2. The highest BCUT2D eigenvalue weighted by Gasteiger charge is 2.17. The molecule has 0 radical (unpaired) electrons. The number of benzene rings is 1. The lowest BCUT2D eigenvalue weighted by Crippen LogP contribution is -2.11. The van der Waals surface area contributed by atoms with Gasteiger partial charge in [-0.05, 0) is 55.0 Å². The number of ether oxygens (including phenoxy) is 1. The molecule has 0 aliphatic heterocycles. The number of pyridine rings is 1. The molecule has 7 nitrogen and oxygen atoms in total. The molecule has 31 heavy (non-hydrogen) atoms. The van der Waals surface area contributed by atoms with Crippen LogP contribution in [0.25, 0.3) is 0 Å². The first-order valence-corrected chi connectivity index (χ1v) is 10.7. The summed E-state index contributed by atoms with van der Waals surface area (Å²) >= 11 is 4.58. The van der Waals surface area contributed by atoms with E-state index in [2.05, 4.69) is 31.5 Å². The van der Waals surface area contributed by atoms with E-state index >= 15 is 0 Å². The van der Waals surface area contributed by atoms with Gasteiger partial charge in [0.1, 0.15) is 5.75 Å². The van der Waals surface area contributed by atoms with Gasteiger partial charge in [-0.2, -0.15) is 0 Å². The number of halogens is 1. The number of rotatable bonds is 6. The summed E-state index contributed by atoms with van der Waals surface area (Å²) in [5, 5.41) is 6.10. The Morgan fingerprint density at radius 1 is 1.06 bits per heavy atom. The molecule has 4 aromatic rings. The summed E-state index contributed by atoms with van der Waals surface area (Å²) in [6.07, 6.45) is 2.95. The lowest BCUT2D eigenvalue weighted by atomic mass is 10.2. The largest absolute Gasteiger partial charge is 0.459 e. The highest BCUT2D eigenvalue weighted by molar-refractivity contribution is 9.10. The Hall–Kier alpha value is -3.43. The minimum absolute atomic E-state index is 0.202. The smallest absolute Gasteiger partial charge is 0.291 e. The molecule has 0 atom stereocenters. The molecule has 9 heteroatoms. The van der Waals surface area contributed by atoms with Crippen molar-refractivity contribution >= 4 is 49.8 Å². The number of furan rings is 1. The van der Waals surface area contributed by atoms with Crippen molar-refractivity contribution in [2.45, 2.75) is 6.92 Å². The molecular formula is C22H16BrN3O4S. The van der Waals surface area contributed by atoms with Gasteiger partial charge in [0, 0.05) is 10.5 Å². The summed E-state index contributed by atoms with van der Waals surface area (Å²) in [6, 6.07) is 15.8. The van der Waals surface area contributed by atoms with Crippen LogP contribution >= 0.6 is 27.3 Å². The maximum absolute atomic E-state index is 12.7. The molecule has 2 N–H and O–H groups in total. The fourth-order valence-electron chi connectivity index (χ4n) is 2.70. The number of nitrogens with zero attached hydrogens (tertiary/aromatic N) is 1. The summed E-state index contributed by atoms with van der Waals surface area (Å²) in [5.41, 5.74) is 1.28. The van der Waals surface area contributed by atoms with Gasteiger partial charge in [-0.3, -0.25) is 9.59 Å². The molecule has 3 aromatic heterocycles. The second-order valence-electron chi connectivity index (χ2n) is 6.45. The molecule has 0 aliphatic rings. The van der Waals surface area contributed by atoms with Crippen LogP contribution in [0.3, 0.4) is 0 Å². The zero-order chi connectivity index (χ0) is 21.8. The fraction of sp³-hybridized carbons (Fsp3) is 0.0455. The normalized spacial score (nSPS) is 10.5. The first-order valence-electron chi connectivity index (χ1n) is 9.14. The highest BCUT2D eigenvalue weighted by Crippen LogP contribution is 2.28. The summed E-state index contributed by atoms with van der Waals surface area (Å²) in [7, 11) is 0. The quantitative estimate of drug-likeness (QED) is 0.335. The molecule has 3 heterocycles. The average Bonchev–Trinajstić information content (AvgIpc) is 3.39. The molecule has 0 fully saturated rings. The van der Waals surface area contributed by atoms with Crippen LogP contribution in [-0.4, -0.2) is 16.8 Å². The van der Waals surface area contributed by atoms with E-state index in [-0.39, 0.29) is 17.6 Å². The van der Waals surface area contributed by atoms with Gasteiger partial charge in [0.05, 0.1) is 28.0 Å². The average molecular weight is 498 g/mol. The summed E-state index contributed by atoms with van der Waals surface area (Å²) < 4.78 is 11.7. The van der Waals surface area contributed by atoms with Crippen LogP contribution in [0.5, 0.6) is 11.6 Å². The SMILES string of the molecule is Cc1cc(NC(=O)c2ccco2)sc1C(=O)Nc1ccc(Oc2cccc(Br)c2)nc1. The lowest BCUT2D eigenvalue weighted by Gasteiger charge is -2.07. The van der Waals surface area contributed by atoms with Gasteiger partial charge in [-0.1, -0.05) is 22.0 Å². The molecule has 0 unspecified atom stereocenters. The first-order chi connectivity index (χ1) is 15.0. The van der Waals surface area contributed by atoms with Crippen molar-refractivity contribution < 1.29 is 18.7 Å². The van der Waals surface area contributed by atoms with Gasteiger partial charge < -0.3 is 19.8 Å². The third kappa shape index (κ3) is 5.19. The Balaban J connectivity index is 1.40. The van der Waals surface area contributed by atoms with E-state index in [1.807, 2.05) is 24.3 Å². The Morgan fingerprint density at radius 3 is 2.65 bits per heavy atom. The van der Waals surface area contributed by atoms with Crippen LogP contribution < -0.4 is 15.4 Å². The van der Waals surface area contributed by atoms with Crippen LogP contribution in [0.15, 0.2) is 75.9 Å². The topological polar surface area (TPSA) is 93.5 Å². The number of aromatic nitrogens is 1. The van der Waals surface area contributed by atoms with Crippen molar-refractivity contribution in [3.63, 3.8) is 0 Å². The number of hydrogen-bond acceptors (Lipinski definition) is 6. The first kappa shape index (κ1) is 20.8. The van der Waals surface area contributed by atoms with Gasteiger partial charge in [0.25, 0.3) is 11.8 Å². The minimum Gasteiger partial charge on any atom is -0.459 e. The van der Waals surface area contributed by atoms with Crippen molar-refractivity contribution in [2.24, 2.45) is 0 Å². The maximum Gasteiger partial charge on any atom is 0.291 e. The molecule has 0 bridgehead atoms. The van der Waals surface area contributed by atoms with Gasteiger partial charge in [-0.15, -0.1) is 11.3 Å². The Morgan fingerprint density at radius 2 is 1.94 bits per heavy atom. The van der Waals surface area contributed by atoms with Crippen molar-refractivity contribution in [1.29, 1.82) is 0 Å². The highest BCUT2D eigenvalue weighted by atomic mass is 79.9. The second-order valence-corrected chi connectivity index (χ2v) is 8.42. The van der Waals surface area contributed by atoms with Crippen molar-refractivity contribution in [3.8, 4) is 11.6 Å². The van der Waals surface area contributed by atoms with Crippen LogP contribution in [0.4, 0.5) is 10.7 Å². The number of carbonyl (C=O) groups excluding carboxylic acids is 2. The van der Waals surface area contributed by atoms with Crippen LogP contribution in [-0.2, 0) is 0 Å². The van der Waals surface area contributed by atoms with Crippen LogP contribution in [0.2, 0.25) is 0 Å². The molecule has 0 spiro atoms. The molecule has 0 saturated carbocycles. The zero-order valence-electron chi connectivity index (χ0n) is 16.2. The number of anilines is 2. The predicted octanol–water partition coefficient (Wildman–Crippen LogP) is 6.10. The van der Waals surface area contributed by atoms with Gasteiger partial charge >= 0.3 is 0 Å². The lowest BCUT2D eigenvalue weighted by molar-refractivity contribution is 0.0995. The van der Waals surface area contributed by atoms with E-state index in [0.717, 1.165) is 10.0 Å². The van der Waals surface area contributed by atoms with E-state index < -0.39 is 0 Å². The standard InChI is InChI=1S/C22H16BrN3O4S/c1-13-10-19(26-21(27)17-6-3-9-29-17)31-20(13)22(28)25-15-7-8-18(24-12-15)30-16-5-2-4-14(23)11-16/h2-12H,1H3,(H,25,28)(H,26,27).